The van der Waals surface area contributed by atoms with Crippen LogP contribution in [0.25, 0.3) is 0 Å². The van der Waals surface area contributed by atoms with Gasteiger partial charge in [0.05, 0.1) is 6.04 Å². The molecule has 1 atom stereocenters. The summed E-state index contributed by atoms with van der Waals surface area (Å²) in [5.41, 5.74) is 5.67. The minimum Gasteiger partial charge on any atom is -0.271 e. The highest BCUT2D eigenvalue weighted by atomic mass is 19.1. The normalized spacial score (nSPS) is 12.5. The molecule has 0 saturated carbocycles. The van der Waals surface area contributed by atoms with Gasteiger partial charge in [-0.05, 0) is 43.5 Å². The number of nitrogens with one attached hydrogen (secondary N) is 1. The SMILES string of the molecule is Cc1ccc(C(NN)c2c(F)ccc(C)c2F)c(C)c1. The molecular weight excluding hydrogens is 258 g/mol. The highest BCUT2D eigenvalue weighted by Crippen LogP contribution is 2.30. The molecule has 3 N–H and O–H groups in total. The van der Waals surface area contributed by atoms with Gasteiger partial charge in [-0.1, -0.05) is 29.8 Å². The third-order valence-corrected chi connectivity index (χ3v) is 3.51. The van der Waals surface area contributed by atoms with E-state index in [1.165, 1.54) is 12.1 Å². The van der Waals surface area contributed by atoms with Crippen LogP contribution in [-0.2, 0) is 0 Å². The van der Waals surface area contributed by atoms with Crippen LogP contribution in [0.2, 0.25) is 0 Å². The van der Waals surface area contributed by atoms with Gasteiger partial charge >= 0.3 is 0 Å². The molecule has 1 unspecified atom stereocenters. The number of hydrazine groups is 1. The largest absolute Gasteiger partial charge is 0.271 e. The lowest BCUT2D eigenvalue weighted by molar-refractivity contribution is 0.506. The van der Waals surface area contributed by atoms with Crippen molar-refractivity contribution in [3.8, 4) is 0 Å². The van der Waals surface area contributed by atoms with Crippen LogP contribution < -0.4 is 11.3 Å². The molecular formula is C16H18F2N2. The minimum absolute atomic E-state index is 0.0422. The van der Waals surface area contributed by atoms with E-state index in [9.17, 15) is 8.78 Å². The molecule has 0 aromatic heterocycles. The molecule has 106 valence electrons. The van der Waals surface area contributed by atoms with E-state index < -0.39 is 17.7 Å². The summed E-state index contributed by atoms with van der Waals surface area (Å²) in [6.07, 6.45) is 0. The maximum Gasteiger partial charge on any atom is 0.134 e. The second-order valence-corrected chi connectivity index (χ2v) is 5.05. The van der Waals surface area contributed by atoms with Crippen molar-refractivity contribution in [3.05, 3.63) is 69.8 Å². The van der Waals surface area contributed by atoms with Gasteiger partial charge in [0.2, 0.25) is 0 Å². The number of hydrogen-bond acceptors (Lipinski definition) is 2. The zero-order chi connectivity index (χ0) is 14.9. The number of aryl methyl sites for hydroxylation is 3. The Morgan fingerprint density at radius 2 is 1.70 bits per heavy atom. The molecule has 2 aromatic rings. The molecule has 0 amide bonds. The summed E-state index contributed by atoms with van der Waals surface area (Å²) in [4.78, 5) is 0. The van der Waals surface area contributed by atoms with E-state index >= 15 is 0 Å². The second-order valence-electron chi connectivity index (χ2n) is 5.05. The number of rotatable bonds is 3. The molecule has 4 heteroatoms. The average Bonchev–Trinajstić information content (AvgIpc) is 2.40. The predicted octanol–water partition coefficient (Wildman–Crippen LogP) is 3.44. The van der Waals surface area contributed by atoms with Crippen molar-refractivity contribution in [2.45, 2.75) is 26.8 Å². The monoisotopic (exact) mass is 276 g/mol. The van der Waals surface area contributed by atoms with Crippen molar-refractivity contribution in [2.24, 2.45) is 5.84 Å². The summed E-state index contributed by atoms with van der Waals surface area (Å²) in [6, 6.07) is 7.68. The highest BCUT2D eigenvalue weighted by molar-refractivity contribution is 5.41. The molecule has 2 nitrogen and oxygen atoms in total. The topological polar surface area (TPSA) is 38.0 Å². The molecule has 0 saturated heterocycles. The van der Waals surface area contributed by atoms with Crippen LogP contribution in [0.1, 0.15) is 33.9 Å². The fourth-order valence-corrected chi connectivity index (χ4v) is 2.42. The molecule has 0 aliphatic heterocycles. The second kappa shape index (κ2) is 5.69. The van der Waals surface area contributed by atoms with E-state index in [-0.39, 0.29) is 5.56 Å². The van der Waals surface area contributed by atoms with Gasteiger partial charge in [-0.25, -0.2) is 14.2 Å². The molecule has 2 aromatic carbocycles. The Hall–Kier alpha value is -1.78. The average molecular weight is 276 g/mol. The summed E-state index contributed by atoms with van der Waals surface area (Å²) < 4.78 is 28.3. The van der Waals surface area contributed by atoms with Crippen LogP contribution in [0, 0.1) is 32.4 Å². The van der Waals surface area contributed by atoms with Crippen LogP contribution in [0.3, 0.4) is 0 Å². The number of halogens is 2. The van der Waals surface area contributed by atoms with Gasteiger partial charge in [0.1, 0.15) is 11.6 Å². The van der Waals surface area contributed by atoms with Crippen molar-refractivity contribution < 1.29 is 8.78 Å². The maximum atomic E-state index is 14.3. The standard InChI is InChI=1S/C16H18F2N2/c1-9-4-6-12(11(3)8-9)16(20-19)14-13(17)7-5-10(2)15(14)18/h4-8,16,20H,19H2,1-3H3. The fraction of sp³-hybridized carbons (Fsp3) is 0.250. The quantitative estimate of drug-likeness (QED) is 0.665. The van der Waals surface area contributed by atoms with Crippen molar-refractivity contribution in [1.82, 2.24) is 5.43 Å². The fourth-order valence-electron chi connectivity index (χ4n) is 2.42. The number of hydrogen-bond donors (Lipinski definition) is 2. The van der Waals surface area contributed by atoms with E-state index in [1.54, 1.807) is 6.92 Å². The summed E-state index contributed by atoms with van der Waals surface area (Å²) in [6.45, 7) is 5.47. The summed E-state index contributed by atoms with van der Waals surface area (Å²) in [5, 5.41) is 0. The van der Waals surface area contributed by atoms with Crippen LogP contribution in [-0.4, -0.2) is 0 Å². The van der Waals surface area contributed by atoms with Crippen LogP contribution in [0.15, 0.2) is 30.3 Å². The molecule has 0 fully saturated rings. The maximum absolute atomic E-state index is 14.3. The lowest BCUT2D eigenvalue weighted by Crippen LogP contribution is -2.31. The van der Waals surface area contributed by atoms with Gasteiger partial charge in [-0.3, -0.25) is 5.84 Å². The molecule has 0 heterocycles. The molecule has 0 bridgehead atoms. The van der Waals surface area contributed by atoms with Crippen molar-refractivity contribution in [2.75, 3.05) is 0 Å². The lowest BCUT2D eigenvalue weighted by Gasteiger charge is -2.21. The molecule has 0 aliphatic rings. The molecule has 20 heavy (non-hydrogen) atoms. The zero-order valence-electron chi connectivity index (χ0n) is 11.8. The summed E-state index contributed by atoms with van der Waals surface area (Å²) in [5.74, 6) is 4.39. The Morgan fingerprint density at radius 3 is 2.30 bits per heavy atom. The first kappa shape index (κ1) is 14.6. The van der Waals surface area contributed by atoms with Gasteiger partial charge in [0, 0.05) is 5.56 Å². The Bertz CT molecular complexity index is 639. The first-order chi connectivity index (χ1) is 9.45. The van der Waals surface area contributed by atoms with E-state index in [2.05, 4.69) is 5.43 Å². The smallest absolute Gasteiger partial charge is 0.134 e. The van der Waals surface area contributed by atoms with Gasteiger partial charge in [-0.15, -0.1) is 0 Å². The Morgan fingerprint density at radius 1 is 1.00 bits per heavy atom. The van der Waals surface area contributed by atoms with Crippen LogP contribution >= 0.6 is 0 Å². The van der Waals surface area contributed by atoms with Gasteiger partial charge < -0.3 is 0 Å². The van der Waals surface area contributed by atoms with E-state index in [0.717, 1.165) is 16.7 Å². The lowest BCUT2D eigenvalue weighted by atomic mass is 9.92. The molecule has 0 radical (unpaired) electrons. The zero-order valence-corrected chi connectivity index (χ0v) is 11.8. The predicted molar refractivity (Wildman–Crippen MR) is 76.2 cm³/mol. The van der Waals surface area contributed by atoms with E-state index in [0.29, 0.717) is 5.56 Å². The highest BCUT2D eigenvalue weighted by Gasteiger charge is 2.23. The minimum atomic E-state index is -0.713. The van der Waals surface area contributed by atoms with Gasteiger partial charge in [0.25, 0.3) is 0 Å². The summed E-state index contributed by atoms with van der Waals surface area (Å²) in [7, 11) is 0. The Balaban J connectivity index is 2.61. The van der Waals surface area contributed by atoms with Crippen molar-refractivity contribution >= 4 is 0 Å². The van der Waals surface area contributed by atoms with E-state index in [1.807, 2.05) is 32.0 Å². The van der Waals surface area contributed by atoms with Gasteiger partial charge in [0.15, 0.2) is 0 Å². The van der Waals surface area contributed by atoms with E-state index in [4.69, 9.17) is 5.84 Å². The van der Waals surface area contributed by atoms with Crippen molar-refractivity contribution in [3.63, 3.8) is 0 Å². The first-order valence-corrected chi connectivity index (χ1v) is 6.43. The first-order valence-electron chi connectivity index (χ1n) is 6.43. The Labute approximate surface area is 117 Å². The summed E-state index contributed by atoms with van der Waals surface area (Å²) >= 11 is 0. The molecule has 0 spiro atoms. The third-order valence-electron chi connectivity index (χ3n) is 3.51. The van der Waals surface area contributed by atoms with Crippen LogP contribution in [0.5, 0.6) is 0 Å². The molecule has 2 rings (SSSR count). The van der Waals surface area contributed by atoms with Gasteiger partial charge in [-0.2, -0.15) is 0 Å². The van der Waals surface area contributed by atoms with Crippen LogP contribution in [0.4, 0.5) is 8.78 Å². The molecule has 0 aliphatic carbocycles. The Kier molecular flexibility index (Phi) is 4.16. The number of benzene rings is 2. The number of nitrogens with two attached hydrogens (primary N) is 1. The third kappa shape index (κ3) is 2.57. The van der Waals surface area contributed by atoms with Crippen molar-refractivity contribution in [1.29, 1.82) is 0 Å².